The summed E-state index contributed by atoms with van der Waals surface area (Å²) in [6.07, 6.45) is 3.36. The fraction of sp³-hybridized carbons (Fsp3) is 0.421. The number of fused-ring (bicyclic) bond motifs is 1. The predicted octanol–water partition coefficient (Wildman–Crippen LogP) is 3.11. The second-order valence-corrected chi connectivity index (χ2v) is 6.48. The van der Waals surface area contributed by atoms with Gasteiger partial charge in [-0.1, -0.05) is 37.3 Å². The number of hydrogen-bond donors (Lipinski definition) is 1. The molecule has 0 saturated heterocycles. The first-order chi connectivity index (χ1) is 11.0. The summed E-state index contributed by atoms with van der Waals surface area (Å²) in [6.45, 7) is 4.66. The minimum absolute atomic E-state index is 0.220. The van der Waals surface area contributed by atoms with E-state index in [-0.39, 0.29) is 11.8 Å². The third-order valence-electron chi connectivity index (χ3n) is 4.89. The van der Waals surface area contributed by atoms with Crippen molar-refractivity contribution in [2.45, 2.75) is 44.8 Å². The van der Waals surface area contributed by atoms with E-state index in [1.54, 1.807) is 18.1 Å². The number of aliphatic hydroxyl groups is 1. The third kappa shape index (κ3) is 3.04. The summed E-state index contributed by atoms with van der Waals surface area (Å²) >= 11 is 0. The van der Waals surface area contributed by atoms with Crippen molar-refractivity contribution >= 4 is 5.91 Å². The van der Waals surface area contributed by atoms with Gasteiger partial charge in [0.1, 0.15) is 11.4 Å². The first-order valence-electron chi connectivity index (χ1n) is 8.12. The van der Waals surface area contributed by atoms with Crippen LogP contribution in [0.1, 0.15) is 43.1 Å². The third-order valence-corrected chi connectivity index (χ3v) is 4.89. The number of furan rings is 1. The highest BCUT2D eigenvalue weighted by Crippen LogP contribution is 2.31. The van der Waals surface area contributed by atoms with E-state index >= 15 is 0 Å². The highest BCUT2D eigenvalue weighted by Gasteiger charge is 2.40. The molecule has 1 aromatic heterocycles. The Morgan fingerprint density at radius 3 is 2.78 bits per heavy atom. The molecule has 4 heteroatoms. The van der Waals surface area contributed by atoms with Crippen molar-refractivity contribution < 1.29 is 14.3 Å². The molecule has 0 saturated carbocycles. The molecule has 23 heavy (non-hydrogen) atoms. The molecule has 1 aliphatic heterocycles. The zero-order chi connectivity index (χ0) is 16.4. The summed E-state index contributed by atoms with van der Waals surface area (Å²) in [4.78, 5) is 14.7. The van der Waals surface area contributed by atoms with Crippen LogP contribution in [0.3, 0.4) is 0 Å². The summed E-state index contributed by atoms with van der Waals surface area (Å²) in [6, 6.07) is 11.6. The van der Waals surface area contributed by atoms with Crippen LogP contribution in [0, 0.1) is 0 Å². The second kappa shape index (κ2) is 6.20. The van der Waals surface area contributed by atoms with E-state index in [4.69, 9.17) is 4.42 Å². The van der Waals surface area contributed by atoms with Crippen LogP contribution in [0.5, 0.6) is 0 Å². The molecule has 122 valence electrons. The van der Waals surface area contributed by atoms with Gasteiger partial charge in [-0.2, -0.15) is 0 Å². The van der Waals surface area contributed by atoms with Gasteiger partial charge in [0.15, 0.2) is 0 Å². The van der Waals surface area contributed by atoms with Gasteiger partial charge in [-0.25, -0.2) is 0 Å². The largest absolute Gasteiger partial charge is 0.469 e. The Bertz CT molecular complexity index is 675. The standard InChI is InChI=1S/C19H23NO3/c1-14(15-7-4-3-5-8-15)19(2,22)18(21)20-11-6-9-17-16(13-20)10-12-23-17/h3-5,7-8,10,12,14,22H,6,9,11,13H2,1-2H3. The zero-order valence-corrected chi connectivity index (χ0v) is 13.7. The number of nitrogens with zero attached hydrogens (tertiary/aromatic N) is 1. The number of rotatable bonds is 3. The van der Waals surface area contributed by atoms with E-state index in [2.05, 4.69) is 0 Å². The lowest BCUT2D eigenvalue weighted by atomic mass is 9.83. The minimum atomic E-state index is -1.43. The van der Waals surface area contributed by atoms with Crippen molar-refractivity contribution in [2.75, 3.05) is 6.54 Å². The summed E-state index contributed by atoms with van der Waals surface area (Å²) < 4.78 is 5.47. The molecule has 1 aromatic carbocycles. The number of benzene rings is 1. The van der Waals surface area contributed by atoms with Crippen LogP contribution >= 0.6 is 0 Å². The number of carbonyl (C=O) groups is 1. The van der Waals surface area contributed by atoms with Crippen LogP contribution in [-0.2, 0) is 17.8 Å². The molecule has 0 spiro atoms. The van der Waals surface area contributed by atoms with E-state index in [0.29, 0.717) is 13.1 Å². The van der Waals surface area contributed by atoms with Crippen molar-refractivity contribution in [3.8, 4) is 0 Å². The molecule has 4 nitrogen and oxygen atoms in total. The van der Waals surface area contributed by atoms with Crippen LogP contribution in [-0.4, -0.2) is 28.1 Å². The van der Waals surface area contributed by atoms with Gasteiger partial charge in [-0.3, -0.25) is 4.79 Å². The molecule has 2 atom stereocenters. The maximum atomic E-state index is 13.0. The highest BCUT2D eigenvalue weighted by molar-refractivity contribution is 5.85. The molecule has 0 aliphatic carbocycles. The molecule has 2 unspecified atom stereocenters. The van der Waals surface area contributed by atoms with E-state index in [0.717, 1.165) is 29.7 Å². The normalized spacial score (nSPS) is 18.7. The SMILES string of the molecule is CC(c1ccccc1)C(C)(O)C(=O)N1CCCc2occc2C1. The van der Waals surface area contributed by atoms with Crippen LogP contribution < -0.4 is 0 Å². The van der Waals surface area contributed by atoms with Gasteiger partial charge < -0.3 is 14.4 Å². The Morgan fingerprint density at radius 1 is 1.30 bits per heavy atom. The molecule has 0 fully saturated rings. The van der Waals surface area contributed by atoms with Gasteiger partial charge in [-0.05, 0) is 25.0 Å². The predicted molar refractivity (Wildman–Crippen MR) is 87.9 cm³/mol. The maximum Gasteiger partial charge on any atom is 0.255 e. The van der Waals surface area contributed by atoms with E-state index < -0.39 is 5.60 Å². The molecule has 2 heterocycles. The van der Waals surface area contributed by atoms with Crippen molar-refractivity contribution in [1.82, 2.24) is 4.90 Å². The van der Waals surface area contributed by atoms with Crippen molar-refractivity contribution in [3.05, 3.63) is 59.5 Å². The van der Waals surface area contributed by atoms with Crippen molar-refractivity contribution in [1.29, 1.82) is 0 Å². The Hall–Kier alpha value is -2.07. The van der Waals surface area contributed by atoms with E-state index in [1.165, 1.54) is 0 Å². The maximum absolute atomic E-state index is 13.0. The van der Waals surface area contributed by atoms with E-state index in [9.17, 15) is 9.90 Å². The van der Waals surface area contributed by atoms with E-state index in [1.807, 2.05) is 43.3 Å². The first kappa shape index (κ1) is 15.8. The zero-order valence-electron chi connectivity index (χ0n) is 13.7. The summed E-state index contributed by atoms with van der Waals surface area (Å²) in [5, 5.41) is 10.9. The fourth-order valence-electron chi connectivity index (χ4n) is 3.19. The minimum Gasteiger partial charge on any atom is -0.469 e. The van der Waals surface area contributed by atoms with Gasteiger partial charge >= 0.3 is 0 Å². The Balaban J connectivity index is 1.81. The number of carbonyl (C=O) groups excluding carboxylic acids is 1. The van der Waals surface area contributed by atoms with Gasteiger partial charge in [0.05, 0.1) is 6.26 Å². The Kier molecular flexibility index (Phi) is 4.26. The van der Waals surface area contributed by atoms with Crippen LogP contribution in [0.4, 0.5) is 0 Å². The summed E-state index contributed by atoms with van der Waals surface area (Å²) in [7, 11) is 0. The lowest BCUT2D eigenvalue weighted by Gasteiger charge is -2.34. The fourth-order valence-corrected chi connectivity index (χ4v) is 3.19. The lowest BCUT2D eigenvalue weighted by molar-refractivity contribution is -0.152. The highest BCUT2D eigenvalue weighted by atomic mass is 16.3. The van der Waals surface area contributed by atoms with Gasteiger partial charge in [0.25, 0.3) is 5.91 Å². The number of amides is 1. The second-order valence-electron chi connectivity index (χ2n) is 6.48. The Morgan fingerprint density at radius 2 is 2.04 bits per heavy atom. The topological polar surface area (TPSA) is 53.7 Å². The average Bonchev–Trinajstić information content (AvgIpc) is 2.91. The smallest absolute Gasteiger partial charge is 0.255 e. The quantitative estimate of drug-likeness (QED) is 0.947. The number of aryl methyl sites for hydroxylation is 1. The average molecular weight is 313 g/mol. The van der Waals surface area contributed by atoms with Crippen molar-refractivity contribution in [2.24, 2.45) is 0 Å². The Labute approximate surface area is 136 Å². The van der Waals surface area contributed by atoms with Gasteiger partial charge in [0.2, 0.25) is 0 Å². The van der Waals surface area contributed by atoms with Crippen LogP contribution in [0.15, 0.2) is 47.1 Å². The molecular weight excluding hydrogens is 290 g/mol. The van der Waals surface area contributed by atoms with Crippen molar-refractivity contribution in [3.63, 3.8) is 0 Å². The lowest BCUT2D eigenvalue weighted by Crippen LogP contribution is -2.49. The van der Waals surface area contributed by atoms with Crippen LogP contribution in [0.25, 0.3) is 0 Å². The van der Waals surface area contributed by atoms with Crippen LogP contribution in [0.2, 0.25) is 0 Å². The van der Waals surface area contributed by atoms with Gasteiger partial charge in [0, 0.05) is 31.0 Å². The molecular formula is C19H23NO3. The monoisotopic (exact) mass is 313 g/mol. The molecule has 0 radical (unpaired) electrons. The molecule has 0 bridgehead atoms. The summed E-state index contributed by atoms with van der Waals surface area (Å²) in [5.74, 6) is 0.460. The number of hydrogen-bond acceptors (Lipinski definition) is 3. The molecule has 2 aromatic rings. The molecule has 1 aliphatic rings. The first-order valence-corrected chi connectivity index (χ1v) is 8.12. The molecule has 1 N–H and O–H groups in total. The summed E-state index contributed by atoms with van der Waals surface area (Å²) in [5.41, 5.74) is 0.568. The molecule has 1 amide bonds. The molecule has 3 rings (SSSR count). The van der Waals surface area contributed by atoms with Gasteiger partial charge in [-0.15, -0.1) is 0 Å².